The average molecular weight is 355 g/mol. The maximum absolute atomic E-state index is 13.1. The van der Waals surface area contributed by atoms with Crippen molar-refractivity contribution >= 4 is 17.6 Å². The predicted molar refractivity (Wildman–Crippen MR) is 91.5 cm³/mol. The van der Waals surface area contributed by atoms with E-state index in [0.717, 1.165) is 11.3 Å². The molecule has 2 heterocycles. The highest BCUT2D eigenvalue weighted by molar-refractivity contribution is 6.07. The Labute approximate surface area is 149 Å². The molecule has 0 bridgehead atoms. The summed E-state index contributed by atoms with van der Waals surface area (Å²) in [5.74, 6) is -0.303. The molecule has 1 unspecified atom stereocenters. The zero-order chi connectivity index (χ0) is 18.3. The lowest BCUT2D eigenvalue weighted by Gasteiger charge is -2.18. The number of phenolic OH excluding ortho intramolecular Hbond substituents is 1. The van der Waals surface area contributed by atoms with Gasteiger partial charge in [-0.15, -0.1) is 0 Å². The molecule has 1 N–H and O–H groups in total. The van der Waals surface area contributed by atoms with E-state index < -0.39 is 11.9 Å². The Hall–Kier alpha value is -3.22. The summed E-state index contributed by atoms with van der Waals surface area (Å²) in [5, 5.41) is 10.4. The number of rotatable bonds is 4. The highest BCUT2D eigenvalue weighted by atomic mass is 16.7. The molecule has 134 valence electrons. The van der Waals surface area contributed by atoms with E-state index in [1.54, 1.807) is 11.0 Å². The number of benzene rings is 2. The van der Waals surface area contributed by atoms with Gasteiger partial charge >= 0.3 is 5.97 Å². The Morgan fingerprint density at radius 3 is 2.73 bits per heavy atom. The smallest absolute Gasteiger partial charge is 0.302 e. The second-order valence-corrected chi connectivity index (χ2v) is 6.09. The van der Waals surface area contributed by atoms with E-state index in [9.17, 15) is 14.7 Å². The van der Waals surface area contributed by atoms with Crippen molar-refractivity contribution in [1.29, 1.82) is 0 Å². The molecule has 0 aromatic heterocycles. The van der Waals surface area contributed by atoms with Crippen molar-refractivity contribution in [2.24, 2.45) is 0 Å². The molecule has 0 radical (unpaired) electrons. The number of anilines is 1. The molecule has 0 aliphatic carbocycles. The normalized spacial score (nSPS) is 17.3. The number of phenols is 1. The average Bonchev–Trinajstić information content (AvgIpc) is 3.16. The van der Waals surface area contributed by atoms with Gasteiger partial charge in [0.25, 0.3) is 0 Å². The van der Waals surface area contributed by atoms with Gasteiger partial charge in [0.1, 0.15) is 12.4 Å². The molecule has 7 nitrogen and oxygen atoms in total. The van der Waals surface area contributed by atoms with Crippen LogP contribution in [0.3, 0.4) is 0 Å². The lowest BCUT2D eigenvalue weighted by molar-refractivity contribution is -0.140. The Kier molecular flexibility index (Phi) is 3.91. The molecule has 2 aromatic rings. The first-order valence-electron chi connectivity index (χ1n) is 8.22. The van der Waals surface area contributed by atoms with Crippen molar-refractivity contribution in [2.75, 3.05) is 24.8 Å². The van der Waals surface area contributed by atoms with Gasteiger partial charge in [0, 0.05) is 24.2 Å². The number of amides is 1. The summed E-state index contributed by atoms with van der Waals surface area (Å²) in [7, 11) is 0. The minimum Gasteiger partial charge on any atom is -0.507 e. The van der Waals surface area contributed by atoms with Gasteiger partial charge in [0.05, 0.1) is 12.5 Å². The second-order valence-electron chi connectivity index (χ2n) is 6.09. The molecule has 26 heavy (non-hydrogen) atoms. The van der Waals surface area contributed by atoms with Gasteiger partial charge in [0.2, 0.25) is 12.7 Å². The first-order chi connectivity index (χ1) is 12.6. The van der Waals surface area contributed by atoms with Gasteiger partial charge in [-0.25, -0.2) is 0 Å². The van der Waals surface area contributed by atoms with Crippen LogP contribution < -0.4 is 14.4 Å². The van der Waals surface area contributed by atoms with Crippen LogP contribution in [-0.2, 0) is 14.3 Å². The monoisotopic (exact) mass is 355 g/mol. The molecule has 2 aromatic carbocycles. The zero-order valence-electron chi connectivity index (χ0n) is 14.1. The van der Waals surface area contributed by atoms with Crippen molar-refractivity contribution in [3.05, 3.63) is 47.5 Å². The Morgan fingerprint density at radius 2 is 1.96 bits per heavy atom. The third kappa shape index (κ3) is 2.61. The van der Waals surface area contributed by atoms with Crippen LogP contribution in [0, 0.1) is 0 Å². The van der Waals surface area contributed by atoms with Crippen LogP contribution in [0.25, 0.3) is 0 Å². The van der Waals surface area contributed by atoms with Crippen molar-refractivity contribution in [1.82, 2.24) is 0 Å². The molecule has 0 saturated heterocycles. The van der Waals surface area contributed by atoms with E-state index in [0.29, 0.717) is 17.1 Å². The largest absolute Gasteiger partial charge is 0.507 e. The molecule has 0 saturated carbocycles. The van der Waals surface area contributed by atoms with Gasteiger partial charge in [-0.1, -0.05) is 18.2 Å². The summed E-state index contributed by atoms with van der Waals surface area (Å²) >= 11 is 0. The van der Waals surface area contributed by atoms with Crippen molar-refractivity contribution < 1.29 is 28.9 Å². The number of hydrogen-bond donors (Lipinski definition) is 1. The number of carbonyl (C=O) groups is 2. The highest BCUT2D eigenvalue weighted by Crippen LogP contribution is 2.47. The number of ether oxygens (including phenoxy) is 3. The van der Waals surface area contributed by atoms with E-state index in [1.807, 2.05) is 24.3 Å². The van der Waals surface area contributed by atoms with Crippen LogP contribution in [0.4, 0.5) is 5.69 Å². The molecule has 4 rings (SSSR count). The standard InChI is InChI=1S/C19H17NO6/c1-11(21)24-7-6-20-14-5-3-2-4-12(14)18(19(20)23)13-8-16-17(9-15(13)22)26-10-25-16/h2-5,8-9,18,22H,6-7,10H2,1H3. The SMILES string of the molecule is CC(=O)OCCN1C(=O)C(c2cc3c(cc2O)OCO3)c2ccccc21. The van der Waals surface area contributed by atoms with E-state index >= 15 is 0 Å². The van der Waals surface area contributed by atoms with Crippen LogP contribution >= 0.6 is 0 Å². The van der Waals surface area contributed by atoms with Crippen LogP contribution in [0.15, 0.2) is 36.4 Å². The first kappa shape index (κ1) is 16.3. The van der Waals surface area contributed by atoms with Gasteiger partial charge in [0.15, 0.2) is 11.5 Å². The van der Waals surface area contributed by atoms with E-state index in [1.165, 1.54) is 13.0 Å². The fourth-order valence-electron chi connectivity index (χ4n) is 3.38. The van der Waals surface area contributed by atoms with Gasteiger partial charge in [-0.3, -0.25) is 9.59 Å². The van der Waals surface area contributed by atoms with Crippen LogP contribution in [0.5, 0.6) is 17.2 Å². The molecular formula is C19H17NO6. The van der Waals surface area contributed by atoms with Crippen LogP contribution in [0.1, 0.15) is 24.0 Å². The molecule has 1 atom stereocenters. The van der Waals surface area contributed by atoms with E-state index in [-0.39, 0.29) is 31.6 Å². The maximum Gasteiger partial charge on any atom is 0.302 e. The van der Waals surface area contributed by atoms with Gasteiger partial charge in [-0.05, 0) is 17.7 Å². The Balaban J connectivity index is 1.71. The first-order valence-corrected chi connectivity index (χ1v) is 8.22. The molecule has 0 fully saturated rings. The van der Waals surface area contributed by atoms with Crippen LogP contribution in [-0.4, -0.2) is 36.9 Å². The zero-order valence-corrected chi connectivity index (χ0v) is 14.1. The second kappa shape index (κ2) is 6.25. The van der Waals surface area contributed by atoms with Crippen LogP contribution in [0.2, 0.25) is 0 Å². The highest BCUT2D eigenvalue weighted by Gasteiger charge is 2.40. The minimum absolute atomic E-state index is 0.0239. The Morgan fingerprint density at radius 1 is 1.23 bits per heavy atom. The summed E-state index contributed by atoms with van der Waals surface area (Å²) in [4.78, 5) is 25.7. The number of fused-ring (bicyclic) bond motifs is 2. The number of aromatic hydroxyl groups is 1. The number of para-hydroxylation sites is 1. The van der Waals surface area contributed by atoms with Crippen molar-refractivity contribution in [3.63, 3.8) is 0 Å². The summed E-state index contributed by atoms with van der Waals surface area (Å²) in [6, 6.07) is 10.5. The van der Waals surface area contributed by atoms with E-state index in [2.05, 4.69) is 0 Å². The summed E-state index contributed by atoms with van der Waals surface area (Å²) in [6.45, 7) is 1.77. The minimum atomic E-state index is -0.655. The number of carbonyl (C=O) groups excluding carboxylic acids is 2. The summed E-state index contributed by atoms with van der Waals surface area (Å²) < 4.78 is 15.6. The maximum atomic E-state index is 13.1. The molecule has 1 amide bonds. The molecule has 0 spiro atoms. The van der Waals surface area contributed by atoms with Gasteiger partial charge < -0.3 is 24.2 Å². The number of nitrogens with zero attached hydrogens (tertiary/aromatic N) is 1. The molecule has 2 aliphatic heterocycles. The third-order valence-electron chi connectivity index (χ3n) is 4.50. The molecular weight excluding hydrogens is 338 g/mol. The fourth-order valence-corrected chi connectivity index (χ4v) is 3.38. The van der Waals surface area contributed by atoms with Crippen molar-refractivity contribution in [2.45, 2.75) is 12.8 Å². The topological polar surface area (TPSA) is 85.3 Å². The van der Waals surface area contributed by atoms with Gasteiger partial charge in [-0.2, -0.15) is 0 Å². The quantitative estimate of drug-likeness (QED) is 0.846. The van der Waals surface area contributed by atoms with Crippen molar-refractivity contribution in [3.8, 4) is 17.2 Å². The Bertz CT molecular complexity index is 894. The number of hydrogen-bond acceptors (Lipinski definition) is 6. The summed E-state index contributed by atoms with van der Waals surface area (Å²) in [6.07, 6.45) is 0. The predicted octanol–water partition coefficient (Wildman–Crippen LogP) is 2.16. The fraction of sp³-hybridized carbons (Fsp3) is 0.263. The molecule has 2 aliphatic rings. The third-order valence-corrected chi connectivity index (χ3v) is 4.50. The van der Waals surface area contributed by atoms with E-state index in [4.69, 9.17) is 14.2 Å². The number of esters is 1. The lowest BCUT2D eigenvalue weighted by Crippen LogP contribution is -2.32. The lowest BCUT2D eigenvalue weighted by atomic mass is 9.91. The molecule has 7 heteroatoms. The summed E-state index contributed by atoms with van der Waals surface area (Å²) in [5.41, 5.74) is 1.99.